The zero-order valence-electron chi connectivity index (χ0n) is 13.7. The average molecular weight is 411 g/mol. The maximum absolute atomic E-state index is 12.1. The van der Waals surface area contributed by atoms with E-state index >= 15 is 0 Å². The maximum atomic E-state index is 12.1. The van der Waals surface area contributed by atoms with E-state index in [1.165, 1.54) is 0 Å². The van der Waals surface area contributed by atoms with Crippen LogP contribution in [-0.4, -0.2) is 27.1 Å². The molecule has 5 nitrogen and oxygen atoms in total. The second-order valence-electron chi connectivity index (χ2n) is 5.63. The van der Waals surface area contributed by atoms with E-state index in [0.717, 1.165) is 21.9 Å². The summed E-state index contributed by atoms with van der Waals surface area (Å²) in [6.07, 6.45) is 1.16. The predicted octanol–water partition coefficient (Wildman–Crippen LogP) is 3.52. The van der Waals surface area contributed by atoms with Gasteiger partial charge in [-0.15, -0.1) is 0 Å². The van der Waals surface area contributed by atoms with Gasteiger partial charge in [-0.2, -0.15) is 0 Å². The molecule has 7 heteroatoms. The number of sulfone groups is 1. The van der Waals surface area contributed by atoms with E-state index in [9.17, 15) is 13.2 Å². The van der Waals surface area contributed by atoms with E-state index in [0.29, 0.717) is 11.4 Å². The minimum absolute atomic E-state index is 0.0361. The molecule has 0 aliphatic carbocycles. The van der Waals surface area contributed by atoms with Gasteiger partial charge in [0.2, 0.25) is 5.91 Å². The third kappa shape index (κ3) is 4.82. The topological polar surface area (TPSA) is 75.3 Å². The van der Waals surface area contributed by atoms with Gasteiger partial charge >= 0.3 is 0 Å². The van der Waals surface area contributed by atoms with Crippen molar-refractivity contribution in [1.82, 2.24) is 0 Å². The number of aryl methyl sites for hydroxylation is 2. The summed E-state index contributed by atoms with van der Waals surface area (Å²) in [7, 11) is -3.29. The molecule has 0 atom stereocenters. The molecule has 1 amide bonds. The lowest BCUT2D eigenvalue weighted by Crippen LogP contribution is -2.22. The first-order chi connectivity index (χ1) is 11.2. The number of nitrogens with one attached hydrogen (secondary N) is 2. The predicted molar refractivity (Wildman–Crippen MR) is 100 cm³/mol. The highest BCUT2D eigenvalue weighted by Crippen LogP contribution is 2.23. The van der Waals surface area contributed by atoms with Crippen molar-refractivity contribution in [2.45, 2.75) is 18.7 Å². The van der Waals surface area contributed by atoms with E-state index in [4.69, 9.17) is 0 Å². The van der Waals surface area contributed by atoms with Crippen LogP contribution in [0.3, 0.4) is 0 Å². The Balaban J connectivity index is 2.06. The van der Waals surface area contributed by atoms with Crippen molar-refractivity contribution < 1.29 is 13.2 Å². The Bertz CT molecular complexity index is 879. The van der Waals surface area contributed by atoms with Crippen LogP contribution in [0.4, 0.5) is 11.4 Å². The molecule has 24 heavy (non-hydrogen) atoms. The van der Waals surface area contributed by atoms with Crippen LogP contribution in [-0.2, 0) is 14.6 Å². The molecular weight excluding hydrogens is 392 g/mol. The van der Waals surface area contributed by atoms with Gasteiger partial charge in [0, 0.05) is 16.4 Å². The van der Waals surface area contributed by atoms with Crippen LogP contribution in [0.5, 0.6) is 0 Å². The minimum Gasteiger partial charge on any atom is -0.376 e. The van der Waals surface area contributed by atoms with Crippen LogP contribution in [0.25, 0.3) is 0 Å². The molecule has 2 rings (SSSR count). The Morgan fingerprint density at radius 1 is 1.08 bits per heavy atom. The van der Waals surface area contributed by atoms with Crippen LogP contribution >= 0.6 is 15.9 Å². The van der Waals surface area contributed by atoms with Crippen molar-refractivity contribution in [1.29, 1.82) is 0 Å². The standard InChI is InChI=1S/C17H19BrN2O3S/c1-11-4-7-15(14(18)8-11)20-17(21)10-19-16-9-13(24(3,22)23)6-5-12(16)2/h4-9,19H,10H2,1-3H3,(H,20,21). The van der Waals surface area contributed by atoms with Gasteiger partial charge in [0.15, 0.2) is 9.84 Å². The van der Waals surface area contributed by atoms with E-state index in [1.807, 2.05) is 32.0 Å². The highest BCUT2D eigenvalue weighted by Gasteiger charge is 2.11. The highest BCUT2D eigenvalue weighted by molar-refractivity contribution is 9.10. The van der Waals surface area contributed by atoms with Crippen molar-refractivity contribution >= 4 is 43.0 Å². The summed E-state index contributed by atoms with van der Waals surface area (Å²) in [5.74, 6) is -0.219. The number of rotatable bonds is 5. The van der Waals surface area contributed by atoms with Crippen molar-refractivity contribution in [3.05, 3.63) is 52.0 Å². The van der Waals surface area contributed by atoms with Gasteiger partial charge in [0.1, 0.15) is 0 Å². The van der Waals surface area contributed by atoms with Crippen molar-refractivity contribution in [2.75, 3.05) is 23.4 Å². The number of benzene rings is 2. The van der Waals surface area contributed by atoms with Gasteiger partial charge in [-0.05, 0) is 65.2 Å². The molecule has 0 bridgehead atoms. The molecule has 0 spiro atoms. The highest BCUT2D eigenvalue weighted by atomic mass is 79.9. The molecule has 0 fully saturated rings. The minimum atomic E-state index is -3.29. The van der Waals surface area contributed by atoms with E-state index < -0.39 is 9.84 Å². The SMILES string of the molecule is Cc1ccc(NC(=O)CNc2cc(S(C)(=O)=O)ccc2C)c(Br)c1. The number of hydrogen-bond acceptors (Lipinski definition) is 4. The summed E-state index contributed by atoms with van der Waals surface area (Å²) in [6, 6.07) is 10.5. The van der Waals surface area contributed by atoms with Crippen molar-refractivity contribution in [3.63, 3.8) is 0 Å². The van der Waals surface area contributed by atoms with Gasteiger partial charge in [0.25, 0.3) is 0 Å². The Morgan fingerprint density at radius 2 is 1.79 bits per heavy atom. The molecule has 2 aromatic rings. The Hall–Kier alpha value is -1.86. The molecule has 0 aliphatic heterocycles. The van der Waals surface area contributed by atoms with E-state index in [1.54, 1.807) is 18.2 Å². The normalized spacial score (nSPS) is 11.2. The smallest absolute Gasteiger partial charge is 0.243 e. The van der Waals surface area contributed by atoms with E-state index in [-0.39, 0.29) is 17.3 Å². The average Bonchev–Trinajstić information content (AvgIpc) is 2.48. The van der Waals surface area contributed by atoms with Gasteiger partial charge in [-0.1, -0.05) is 12.1 Å². The van der Waals surface area contributed by atoms with Crippen LogP contribution < -0.4 is 10.6 Å². The summed E-state index contributed by atoms with van der Waals surface area (Å²) in [6.45, 7) is 3.85. The van der Waals surface area contributed by atoms with Gasteiger partial charge in [0.05, 0.1) is 17.1 Å². The summed E-state index contributed by atoms with van der Waals surface area (Å²) >= 11 is 3.41. The molecule has 0 aliphatic rings. The Morgan fingerprint density at radius 3 is 2.42 bits per heavy atom. The molecule has 2 N–H and O–H groups in total. The fourth-order valence-corrected chi connectivity index (χ4v) is 3.35. The Labute approximate surface area is 150 Å². The van der Waals surface area contributed by atoms with Crippen LogP contribution in [0.1, 0.15) is 11.1 Å². The Kier molecular flexibility index (Phi) is 5.66. The first-order valence-electron chi connectivity index (χ1n) is 7.27. The fourth-order valence-electron chi connectivity index (χ4n) is 2.11. The van der Waals surface area contributed by atoms with Gasteiger partial charge in [-0.25, -0.2) is 8.42 Å². The molecule has 128 valence electrons. The first-order valence-corrected chi connectivity index (χ1v) is 9.96. The largest absolute Gasteiger partial charge is 0.376 e. The van der Waals surface area contributed by atoms with Crippen molar-refractivity contribution in [2.24, 2.45) is 0 Å². The zero-order chi connectivity index (χ0) is 17.9. The molecule has 0 unspecified atom stereocenters. The van der Waals surface area contributed by atoms with Gasteiger partial charge in [-0.3, -0.25) is 4.79 Å². The number of amides is 1. The van der Waals surface area contributed by atoms with Gasteiger partial charge < -0.3 is 10.6 Å². The lowest BCUT2D eigenvalue weighted by molar-refractivity contribution is -0.114. The third-order valence-electron chi connectivity index (χ3n) is 3.48. The second-order valence-corrected chi connectivity index (χ2v) is 8.50. The molecule has 2 aromatic carbocycles. The lowest BCUT2D eigenvalue weighted by atomic mass is 10.2. The third-order valence-corrected chi connectivity index (χ3v) is 5.24. The quantitative estimate of drug-likeness (QED) is 0.790. The number of anilines is 2. The summed E-state index contributed by atoms with van der Waals surface area (Å²) < 4.78 is 24.1. The zero-order valence-corrected chi connectivity index (χ0v) is 16.1. The summed E-state index contributed by atoms with van der Waals surface area (Å²) in [5, 5.41) is 5.79. The van der Waals surface area contributed by atoms with Crippen LogP contribution in [0.2, 0.25) is 0 Å². The molecule has 0 saturated heterocycles. The molecular formula is C17H19BrN2O3S. The molecule has 0 saturated carbocycles. The lowest BCUT2D eigenvalue weighted by Gasteiger charge is -2.12. The molecule has 0 radical (unpaired) electrons. The van der Waals surface area contributed by atoms with E-state index in [2.05, 4.69) is 26.6 Å². The van der Waals surface area contributed by atoms with Crippen LogP contribution in [0.15, 0.2) is 45.8 Å². The van der Waals surface area contributed by atoms with Crippen molar-refractivity contribution in [3.8, 4) is 0 Å². The number of carbonyl (C=O) groups excluding carboxylic acids is 1. The summed E-state index contributed by atoms with van der Waals surface area (Å²) in [4.78, 5) is 12.3. The fraction of sp³-hybridized carbons (Fsp3) is 0.235. The first kappa shape index (κ1) is 18.5. The molecule has 0 aromatic heterocycles. The number of halogens is 1. The number of hydrogen-bond donors (Lipinski definition) is 2. The second kappa shape index (κ2) is 7.36. The number of carbonyl (C=O) groups is 1. The summed E-state index contributed by atoms with van der Waals surface area (Å²) in [5.41, 5.74) is 3.27. The maximum Gasteiger partial charge on any atom is 0.243 e. The monoisotopic (exact) mass is 410 g/mol. The molecule has 0 heterocycles. The van der Waals surface area contributed by atoms with Crippen LogP contribution in [0, 0.1) is 13.8 Å².